The zero-order valence-electron chi connectivity index (χ0n) is 24.0. The molecule has 0 fully saturated rings. The minimum Gasteiger partial charge on any atom is -1.00 e. The molecular formula is C28H58Cl2N2O2S. The number of carbonyl (C=O) groups excluding carboxylic acids is 2. The summed E-state index contributed by atoms with van der Waals surface area (Å²) in [7, 11) is 8.72. The average molecular weight is 558 g/mol. The summed E-state index contributed by atoms with van der Waals surface area (Å²) >= 11 is 1.97. The number of nitrogens with zero attached hydrogens (tertiary/aromatic N) is 2. The van der Waals surface area contributed by atoms with Crippen LogP contribution in [-0.4, -0.2) is 86.4 Å². The maximum absolute atomic E-state index is 12.4. The Kier molecular flexibility index (Phi) is 27.8. The van der Waals surface area contributed by atoms with Gasteiger partial charge in [-0.25, -0.2) is 0 Å². The lowest BCUT2D eigenvalue weighted by Gasteiger charge is -2.30. The van der Waals surface area contributed by atoms with Crippen LogP contribution >= 0.6 is 11.8 Å². The third-order valence-electron chi connectivity index (χ3n) is 6.51. The van der Waals surface area contributed by atoms with E-state index in [9.17, 15) is 9.59 Å². The van der Waals surface area contributed by atoms with Crippen molar-refractivity contribution in [3.63, 3.8) is 0 Å². The maximum Gasteiger partial charge on any atom is 0.186 e. The molecule has 0 aliphatic rings. The van der Waals surface area contributed by atoms with E-state index in [1.165, 1.54) is 64.2 Å². The number of hydrogen-bond acceptors (Lipinski definition) is 3. The van der Waals surface area contributed by atoms with Crippen molar-refractivity contribution in [3.8, 4) is 0 Å². The van der Waals surface area contributed by atoms with Crippen molar-refractivity contribution in [2.24, 2.45) is 0 Å². The summed E-state index contributed by atoms with van der Waals surface area (Å²) in [6, 6.07) is 0. The second-order valence-electron chi connectivity index (χ2n) is 11.4. The Bertz CT molecular complexity index is 473. The number of Topliss-reactive ketones (excluding diaryl/α,β-unsaturated/α-hetero) is 2. The normalized spacial score (nSPS) is 11.6. The molecule has 0 N–H and O–H groups in total. The first-order chi connectivity index (χ1) is 15.6. The number of quaternary nitrogens is 2. The molecule has 0 aromatic carbocycles. The van der Waals surface area contributed by atoms with Crippen LogP contribution in [0.15, 0.2) is 0 Å². The van der Waals surface area contributed by atoms with Gasteiger partial charge in [0, 0.05) is 24.3 Å². The highest BCUT2D eigenvalue weighted by Crippen LogP contribution is 2.12. The fraction of sp³-hybridized carbons (Fsp3) is 0.929. The van der Waals surface area contributed by atoms with Gasteiger partial charge in [0.25, 0.3) is 0 Å². The van der Waals surface area contributed by atoms with Crippen molar-refractivity contribution in [1.29, 1.82) is 0 Å². The van der Waals surface area contributed by atoms with Crippen LogP contribution in [0.1, 0.15) is 104 Å². The van der Waals surface area contributed by atoms with E-state index in [0.717, 1.165) is 59.2 Å². The van der Waals surface area contributed by atoms with Gasteiger partial charge in [-0.05, 0) is 12.8 Å². The molecule has 0 aromatic rings. The Morgan fingerprint density at radius 1 is 0.543 bits per heavy atom. The first kappa shape index (κ1) is 39.7. The first-order valence-corrected chi connectivity index (χ1v) is 15.0. The number of likely N-dealkylation sites (N-methyl/N-ethyl adjacent to an activating group) is 2. The van der Waals surface area contributed by atoms with Crippen molar-refractivity contribution in [2.75, 3.05) is 65.9 Å². The Labute approximate surface area is 235 Å². The molecule has 0 aromatic heterocycles. The molecule has 0 amide bonds. The lowest BCUT2D eigenvalue weighted by molar-refractivity contribution is -0.880. The molecule has 0 saturated carbocycles. The number of ketones is 2. The lowest BCUT2D eigenvalue weighted by Crippen LogP contribution is -3.00. The zero-order chi connectivity index (χ0) is 25.0. The highest BCUT2D eigenvalue weighted by atomic mass is 35.5. The molecule has 35 heavy (non-hydrogen) atoms. The van der Waals surface area contributed by atoms with Gasteiger partial charge < -0.3 is 33.8 Å². The molecule has 0 atom stereocenters. The second-order valence-corrected chi connectivity index (χ2v) is 12.6. The van der Waals surface area contributed by atoms with Crippen molar-refractivity contribution in [2.45, 2.75) is 104 Å². The summed E-state index contributed by atoms with van der Waals surface area (Å²) in [5.41, 5.74) is 0. The summed E-state index contributed by atoms with van der Waals surface area (Å²) in [6.45, 7) is 7.84. The summed E-state index contributed by atoms with van der Waals surface area (Å²) < 4.78 is 1.58. The van der Waals surface area contributed by atoms with Crippen LogP contribution in [-0.2, 0) is 9.59 Å². The minimum absolute atomic E-state index is 0. The van der Waals surface area contributed by atoms with Crippen LogP contribution in [0, 0.1) is 0 Å². The van der Waals surface area contributed by atoms with E-state index in [0.29, 0.717) is 24.7 Å². The number of carbonyl (C=O) groups is 2. The molecule has 0 bridgehead atoms. The Balaban J connectivity index is -0.00000512. The molecular weight excluding hydrogens is 499 g/mol. The fourth-order valence-electron chi connectivity index (χ4n) is 4.20. The van der Waals surface area contributed by atoms with E-state index in [4.69, 9.17) is 0 Å². The highest BCUT2D eigenvalue weighted by Gasteiger charge is 2.21. The van der Waals surface area contributed by atoms with Crippen LogP contribution in [0.3, 0.4) is 0 Å². The quantitative estimate of drug-likeness (QED) is 0.128. The number of hydrogen-bond donors (Lipinski definition) is 0. The third-order valence-corrected chi connectivity index (χ3v) is 7.45. The summed E-state index contributed by atoms with van der Waals surface area (Å²) in [5, 5.41) is 0. The summed E-state index contributed by atoms with van der Waals surface area (Å²) in [5.74, 6) is 2.98. The Morgan fingerprint density at radius 2 is 0.857 bits per heavy atom. The average Bonchev–Trinajstić information content (AvgIpc) is 2.72. The van der Waals surface area contributed by atoms with Gasteiger partial charge in [-0.15, -0.1) is 0 Å². The number of thioether (sulfide) groups is 1. The molecule has 0 unspecified atom stereocenters. The Hall–Kier alpha value is 0.190. The molecule has 0 saturated heterocycles. The van der Waals surface area contributed by atoms with Crippen LogP contribution in [0.5, 0.6) is 0 Å². The van der Waals surface area contributed by atoms with E-state index in [-0.39, 0.29) is 24.8 Å². The monoisotopic (exact) mass is 556 g/mol. The molecule has 0 aliphatic heterocycles. The number of halogens is 2. The van der Waals surface area contributed by atoms with Crippen molar-refractivity contribution in [3.05, 3.63) is 0 Å². The van der Waals surface area contributed by atoms with Crippen LogP contribution in [0.2, 0.25) is 0 Å². The maximum atomic E-state index is 12.4. The van der Waals surface area contributed by atoms with Crippen LogP contribution < -0.4 is 24.8 Å². The standard InChI is InChI=1S/C28H58N2O2S.2ClH/c1-7-9-11-13-15-17-19-27(31)25-29(3,4)21-23-33-24-22-30(5,6)26-28(32)20-18-16-14-12-10-8-2;;/h7-26H2,1-6H3;2*1H/q+2;;/p-2. The number of rotatable bonds is 24. The van der Waals surface area contributed by atoms with Gasteiger partial charge in [-0.2, -0.15) is 11.8 Å². The molecule has 4 nitrogen and oxygen atoms in total. The molecule has 0 rings (SSSR count). The third kappa shape index (κ3) is 27.0. The number of unbranched alkanes of at least 4 members (excludes halogenated alkanes) is 10. The van der Waals surface area contributed by atoms with Gasteiger partial charge in [-0.1, -0.05) is 78.1 Å². The minimum atomic E-state index is 0. The fourth-order valence-corrected chi connectivity index (χ4v) is 5.65. The largest absolute Gasteiger partial charge is 1.00 e. The summed E-state index contributed by atoms with van der Waals surface area (Å²) in [4.78, 5) is 24.7. The molecule has 0 heterocycles. The van der Waals surface area contributed by atoms with E-state index in [2.05, 4.69) is 42.0 Å². The predicted molar refractivity (Wildman–Crippen MR) is 147 cm³/mol. The van der Waals surface area contributed by atoms with Gasteiger partial charge in [0.05, 0.1) is 41.3 Å². The zero-order valence-corrected chi connectivity index (χ0v) is 26.3. The van der Waals surface area contributed by atoms with Gasteiger partial charge >= 0.3 is 0 Å². The predicted octanol–water partition coefficient (Wildman–Crippen LogP) is 0.520. The van der Waals surface area contributed by atoms with E-state index < -0.39 is 0 Å². The van der Waals surface area contributed by atoms with Gasteiger partial charge in [0.15, 0.2) is 11.6 Å². The van der Waals surface area contributed by atoms with Crippen molar-refractivity contribution >= 4 is 23.3 Å². The van der Waals surface area contributed by atoms with Gasteiger partial charge in [0.1, 0.15) is 13.1 Å². The molecule has 212 valence electrons. The Morgan fingerprint density at radius 3 is 1.20 bits per heavy atom. The van der Waals surface area contributed by atoms with Crippen LogP contribution in [0.25, 0.3) is 0 Å². The van der Waals surface area contributed by atoms with Gasteiger partial charge in [0.2, 0.25) is 0 Å². The second kappa shape index (κ2) is 24.5. The van der Waals surface area contributed by atoms with Crippen molar-refractivity contribution in [1.82, 2.24) is 0 Å². The van der Waals surface area contributed by atoms with E-state index >= 15 is 0 Å². The molecule has 0 spiro atoms. The van der Waals surface area contributed by atoms with E-state index in [1.807, 2.05) is 11.8 Å². The summed E-state index contributed by atoms with van der Waals surface area (Å²) in [6.07, 6.45) is 16.4. The SMILES string of the molecule is CCCCCCCCC(=O)C[N+](C)(C)CCSCC[N+](C)(C)CC(=O)CCCCCCCC.[Cl-].[Cl-]. The smallest absolute Gasteiger partial charge is 0.186 e. The molecule has 0 aliphatic carbocycles. The topological polar surface area (TPSA) is 34.1 Å². The van der Waals surface area contributed by atoms with Gasteiger partial charge in [-0.3, -0.25) is 9.59 Å². The van der Waals surface area contributed by atoms with Crippen molar-refractivity contribution < 1.29 is 43.4 Å². The highest BCUT2D eigenvalue weighted by molar-refractivity contribution is 7.99. The van der Waals surface area contributed by atoms with Crippen LogP contribution in [0.4, 0.5) is 0 Å². The lowest BCUT2D eigenvalue weighted by atomic mass is 10.1. The molecule has 0 radical (unpaired) electrons. The van der Waals surface area contributed by atoms with E-state index in [1.54, 1.807) is 0 Å². The first-order valence-electron chi connectivity index (χ1n) is 13.9. The molecule has 7 heteroatoms.